The summed E-state index contributed by atoms with van der Waals surface area (Å²) in [6.07, 6.45) is 7.02. The van der Waals surface area contributed by atoms with Gasteiger partial charge in [0.25, 0.3) is 0 Å². The van der Waals surface area contributed by atoms with Crippen molar-refractivity contribution in [1.82, 2.24) is 19.7 Å². The van der Waals surface area contributed by atoms with E-state index in [4.69, 9.17) is 0 Å². The minimum Gasteiger partial charge on any atom is -0.312 e. The van der Waals surface area contributed by atoms with Crippen molar-refractivity contribution >= 4 is 6.08 Å². The van der Waals surface area contributed by atoms with Gasteiger partial charge in [0, 0.05) is 25.6 Å². The largest absolute Gasteiger partial charge is 0.312 e. The molecule has 1 aromatic carbocycles. The normalized spacial score (nSPS) is 19.0. The molecule has 4 heteroatoms. The Hall–Kier alpha value is -1.94. The number of aromatic nitrogens is 3. The van der Waals surface area contributed by atoms with Crippen LogP contribution in [0.1, 0.15) is 36.0 Å². The molecule has 1 aliphatic heterocycles. The number of rotatable bonds is 4. The van der Waals surface area contributed by atoms with E-state index in [9.17, 15) is 0 Å². The van der Waals surface area contributed by atoms with Gasteiger partial charge < -0.3 is 4.57 Å². The molecule has 2 aromatic rings. The van der Waals surface area contributed by atoms with Crippen LogP contribution in [-0.2, 0) is 13.1 Å². The molecule has 21 heavy (non-hydrogen) atoms. The third kappa shape index (κ3) is 2.76. The highest BCUT2D eigenvalue weighted by atomic mass is 15.3. The zero-order valence-corrected chi connectivity index (χ0v) is 12.2. The monoisotopic (exact) mass is 280 g/mol. The van der Waals surface area contributed by atoms with Crippen molar-refractivity contribution in [3.63, 3.8) is 0 Å². The predicted molar refractivity (Wildman–Crippen MR) is 82.8 cm³/mol. The van der Waals surface area contributed by atoms with Crippen molar-refractivity contribution in [2.45, 2.75) is 31.8 Å². The molecule has 0 N–H and O–H groups in total. The molecule has 4 nitrogen and oxygen atoms in total. The van der Waals surface area contributed by atoms with Gasteiger partial charge in [0.1, 0.15) is 11.6 Å². The molecule has 2 heterocycles. The maximum atomic E-state index is 4.39. The van der Waals surface area contributed by atoms with Gasteiger partial charge >= 0.3 is 0 Å². The van der Waals surface area contributed by atoms with Gasteiger partial charge in [-0.3, -0.25) is 4.90 Å². The van der Waals surface area contributed by atoms with Gasteiger partial charge in [-0.05, 0) is 18.4 Å². The molecule has 0 atom stereocenters. The first-order chi connectivity index (χ1) is 10.4. The Morgan fingerprint density at radius 1 is 1.10 bits per heavy atom. The topological polar surface area (TPSA) is 34.0 Å². The van der Waals surface area contributed by atoms with Crippen molar-refractivity contribution in [3.05, 3.63) is 53.6 Å². The first-order valence-corrected chi connectivity index (χ1v) is 7.76. The maximum absolute atomic E-state index is 4.39. The Morgan fingerprint density at radius 2 is 1.95 bits per heavy atom. The third-order valence-corrected chi connectivity index (χ3v) is 4.28. The molecule has 1 fully saturated rings. The number of benzene rings is 1. The van der Waals surface area contributed by atoms with Gasteiger partial charge in [0.15, 0.2) is 0 Å². The van der Waals surface area contributed by atoms with E-state index in [1.807, 2.05) is 6.07 Å². The lowest BCUT2D eigenvalue weighted by Crippen LogP contribution is -2.34. The van der Waals surface area contributed by atoms with E-state index in [1.165, 1.54) is 24.2 Å². The second-order valence-electron chi connectivity index (χ2n) is 5.95. The van der Waals surface area contributed by atoms with E-state index in [0.29, 0.717) is 5.92 Å². The summed E-state index contributed by atoms with van der Waals surface area (Å²) >= 11 is 0. The van der Waals surface area contributed by atoms with Gasteiger partial charge in [0.2, 0.25) is 0 Å². The van der Waals surface area contributed by atoms with Gasteiger partial charge in [-0.25, -0.2) is 0 Å². The number of hydrogen-bond donors (Lipinski definition) is 0. The summed E-state index contributed by atoms with van der Waals surface area (Å²) < 4.78 is 2.34. The molecule has 4 rings (SSSR count). The van der Waals surface area contributed by atoms with E-state index < -0.39 is 0 Å². The van der Waals surface area contributed by atoms with Crippen LogP contribution in [0.4, 0.5) is 0 Å². The van der Waals surface area contributed by atoms with Crippen molar-refractivity contribution < 1.29 is 0 Å². The van der Waals surface area contributed by atoms with E-state index in [2.05, 4.69) is 56.1 Å². The van der Waals surface area contributed by atoms with E-state index in [-0.39, 0.29) is 0 Å². The molecule has 1 saturated carbocycles. The summed E-state index contributed by atoms with van der Waals surface area (Å²) in [7, 11) is 0. The zero-order valence-electron chi connectivity index (χ0n) is 12.2. The predicted octanol–water partition coefficient (Wildman–Crippen LogP) is 2.68. The molecule has 108 valence electrons. The lowest BCUT2D eigenvalue weighted by Gasteiger charge is -2.26. The molecule has 0 saturated heterocycles. The Labute approximate surface area is 125 Å². The fraction of sp³-hybridized carbons (Fsp3) is 0.412. The summed E-state index contributed by atoms with van der Waals surface area (Å²) in [5.41, 5.74) is 1.26. The first kappa shape index (κ1) is 12.8. The van der Waals surface area contributed by atoms with Crippen LogP contribution in [0.2, 0.25) is 0 Å². The van der Waals surface area contributed by atoms with E-state index in [0.717, 1.165) is 32.0 Å². The van der Waals surface area contributed by atoms with Gasteiger partial charge in [0.05, 0.1) is 6.54 Å². The molecule has 1 aromatic heterocycles. The van der Waals surface area contributed by atoms with Crippen LogP contribution in [-0.4, -0.2) is 32.8 Å². The van der Waals surface area contributed by atoms with Gasteiger partial charge in [-0.1, -0.05) is 42.5 Å². The van der Waals surface area contributed by atoms with E-state index >= 15 is 0 Å². The highest BCUT2D eigenvalue weighted by Gasteiger charge is 2.31. The number of nitrogens with zero attached hydrogens (tertiary/aromatic N) is 4. The maximum Gasteiger partial charge on any atom is 0.147 e. The fourth-order valence-corrected chi connectivity index (χ4v) is 2.93. The van der Waals surface area contributed by atoms with Crippen LogP contribution in [0.25, 0.3) is 6.08 Å². The zero-order chi connectivity index (χ0) is 14.1. The Morgan fingerprint density at radius 3 is 2.76 bits per heavy atom. The molecule has 0 bridgehead atoms. The lowest BCUT2D eigenvalue weighted by atomic mass is 10.2. The lowest BCUT2D eigenvalue weighted by molar-refractivity contribution is 0.237. The SMILES string of the molecule is C(=Cc1ccccc1)CN1CCn2c(nnc2C2CC2)C1. The number of fused-ring (bicyclic) bond motifs is 1. The third-order valence-electron chi connectivity index (χ3n) is 4.28. The average molecular weight is 280 g/mol. The Kier molecular flexibility index (Phi) is 3.31. The molecular formula is C17H20N4. The van der Waals surface area contributed by atoms with Crippen molar-refractivity contribution in [2.24, 2.45) is 0 Å². The summed E-state index contributed by atoms with van der Waals surface area (Å²) in [6.45, 7) is 4.01. The molecule has 0 radical (unpaired) electrons. The fourth-order valence-electron chi connectivity index (χ4n) is 2.93. The van der Waals surface area contributed by atoms with Crippen LogP contribution in [0.5, 0.6) is 0 Å². The van der Waals surface area contributed by atoms with Crippen LogP contribution >= 0.6 is 0 Å². The van der Waals surface area contributed by atoms with Crippen LogP contribution < -0.4 is 0 Å². The summed E-state index contributed by atoms with van der Waals surface area (Å²) in [4.78, 5) is 2.43. The first-order valence-electron chi connectivity index (χ1n) is 7.76. The molecule has 1 aliphatic carbocycles. The van der Waals surface area contributed by atoms with Crippen LogP contribution in [0.3, 0.4) is 0 Å². The minimum absolute atomic E-state index is 0.691. The quantitative estimate of drug-likeness (QED) is 0.863. The molecular weight excluding hydrogens is 260 g/mol. The Bertz CT molecular complexity index is 640. The minimum atomic E-state index is 0.691. The summed E-state index contributed by atoms with van der Waals surface area (Å²) in [6, 6.07) is 10.5. The van der Waals surface area contributed by atoms with Gasteiger partial charge in [-0.15, -0.1) is 10.2 Å². The van der Waals surface area contributed by atoms with Crippen molar-refractivity contribution in [2.75, 3.05) is 13.1 Å². The average Bonchev–Trinajstić information content (AvgIpc) is 3.28. The van der Waals surface area contributed by atoms with E-state index in [1.54, 1.807) is 0 Å². The smallest absolute Gasteiger partial charge is 0.147 e. The molecule has 0 amide bonds. The Balaban J connectivity index is 1.38. The standard InChI is InChI=1S/C17H20N4/c1-2-5-14(6-3-1)7-4-10-20-11-12-21-16(13-20)18-19-17(21)15-8-9-15/h1-7,15H,8-13H2. The summed E-state index contributed by atoms with van der Waals surface area (Å²) in [5.74, 6) is 3.05. The second kappa shape index (κ2) is 5.45. The second-order valence-corrected chi connectivity index (χ2v) is 5.95. The summed E-state index contributed by atoms with van der Waals surface area (Å²) in [5, 5.41) is 8.77. The van der Waals surface area contributed by atoms with Crippen molar-refractivity contribution in [1.29, 1.82) is 0 Å². The molecule has 2 aliphatic rings. The van der Waals surface area contributed by atoms with Crippen molar-refractivity contribution in [3.8, 4) is 0 Å². The highest BCUT2D eigenvalue weighted by molar-refractivity contribution is 5.48. The van der Waals surface area contributed by atoms with Crippen LogP contribution in [0.15, 0.2) is 36.4 Å². The van der Waals surface area contributed by atoms with Gasteiger partial charge in [-0.2, -0.15) is 0 Å². The highest BCUT2D eigenvalue weighted by Crippen LogP contribution is 2.39. The molecule has 0 spiro atoms. The van der Waals surface area contributed by atoms with Crippen LogP contribution in [0, 0.1) is 0 Å². The number of hydrogen-bond acceptors (Lipinski definition) is 3. The molecule has 0 unspecified atom stereocenters.